The average Bonchev–Trinajstić information content (AvgIpc) is 2.97. The molecule has 1 aromatic heterocycles. The third-order valence-corrected chi connectivity index (χ3v) is 4.96. The highest BCUT2D eigenvalue weighted by molar-refractivity contribution is 6.34. The van der Waals surface area contributed by atoms with E-state index >= 15 is 0 Å². The zero-order valence-corrected chi connectivity index (χ0v) is 17.9. The van der Waals surface area contributed by atoms with Gasteiger partial charge in [-0.2, -0.15) is 10.2 Å². The summed E-state index contributed by atoms with van der Waals surface area (Å²) in [5.41, 5.74) is 6.87. The summed E-state index contributed by atoms with van der Waals surface area (Å²) in [7, 11) is 1.64. The highest BCUT2D eigenvalue weighted by atomic mass is 35.5. The number of hydrogen-bond donors (Lipinski definition) is 2. The Morgan fingerprint density at radius 3 is 2.40 bits per heavy atom. The molecule has 0 radical (unpaired) electrons. The van der Waals surface area contributed by atoms with Gasteiger partial charge in [0.15, 0.2) is 0 Å². The van der Waals surface area contributed by atoms with Crippen molar-refractivity contribution in [1.82, 2.24) is 15.2 Å². The molecule has 0 saturated carbocycles. The second-order valence-electron chi connectivity index (χ2n) is 6.91. The number of carbonyl (C=O) groups excluding carboxylic acids is 2. The van der Waals surface area contributed by atoms with Gasteiger partial charge in [-0.05, 0) is 50.6 Å². The Balaban J connectivity index is 1.73. The molecule has 2 amide bonds. The predicted octanol–water partition coefficient (Wildman–Crippen LogP) is 4.10. The highest BCUT2D eigenvalue weighted by Gasteiger charge is 2.18. The van der Waals surface area contributed by atoms with Crippen LogP contribution < -0.4 is 10.7 Å². The maximum absolute atomic E-state index is 12.5. The zero-order valence-electron chi connectivity index (χ0n) is 17.2. The van der Waals surface area contributed by atoms with E-state index in [1.807, 2.05) is 37.3 Å². The molecule has 3 aromatic rings. The molecule has 0 saturated heterocycles. The van der Waals surface area contributed by atoms with Gasteiger partial charge in [-0.25, -0.2) is 5.43 Å². The fraction of sp³-hybridized carbons (Fsp3) is 0.182. The lowest BCUT2D eigenvalue weighted by molar-refractivity contribution is 0.0945. The number of hydrogen-bond acceptors (Lipinski definition) is 4. The summed E-state index contributed by atoms with van der Waals surface area (Å²) in [6.45, 7) is 5.42. The van der Waals surface area contributed by atoms with E-state index in [4.69, 9.17) is 11.6 Å². The Bertz CT molecular complexity index is 1150. The molecule has 2 aromatic carbocycles. The SMILES string of the molecule is C/C(=N\NC(=O)c1c(Cl)c(C)nn1C)c1cccc(NC(=O)c2cccc(C)c2)c1. The Morgan fingerprint density at radius 2 is 1.73 bits per heavy atom. The van der Waals surface area contributed by atoms with Gasteiger partial charge in [0.25, 0.3) is 11.8 Å². The summed E-state index contributed by atoms with van der Waals surface area (Å²) in [6.07, 6.45) is 0. The number of amides is 2. The molecule has 2 N–H and O–H groups in total. The van der Waals surface area contributed by atoms with Gasteiger partial charge in [0.1, 0.15) is 5.69 Å². The van der Waals surface area contributed by atoms with Crippen molar-refractivity contribution in [2.24, 2.45) is 12.1 Å². The van der Waals surface area contributed by atoms with Gasteiger partial charge in [-0.3, -0.25) is 14.3 Å². The molecule has 30 heavy (non-hydrogen) atoms. The lowest BCUT2D eigenvalue weighted by Crippen LogP contribution is -2.22. The van der Waals surface area contributed by atoms with Crippen molar-refractivity contribution in [1.29, 1.82) is 0 Å². The molecule has 0 atom stereocenters. The van der Waals surface area contributed by atoms with Crippen LogP contribution in [0.5, 0.6) is 0 Å². The van der Waals surface area contributed by atoms with Gasteiger partial charge in [0, 0.05) is 18.3 Å². The molecule has 0 bridgehead atoms. The number of anilines is 1. The largest absolute Gasteiger partial charge is 0.322 e. The molecular weight excluding hydrogens is 402 g/mol. The van der Waals surface area contributed by atoms with E-state index in [1.165, 1.54) is 4.68 Å². The van der Waals surface area contributed by atoms with Crippen LogP contribution in [0, 0.1) is 13.8 Å². The summed E-state index contributed by atoms with van der Waals surface area (Å²) in [4.78, 5) is 24.9. The molecule has 0 spiro atoms. The van der Waals surface area contributed by atoms with Crippen molar-refractivity contribution in [2.75, 3.05) is 5.32 Å². The number of halogens is 1. The van der Waals surface area contributed by atoms with E-state index in [0.717, 1.165) is 11.1 Å². The van der Waals surface area contributed by atoms with Crippen LogP contribution in [0.15, 0.2) is 53.6 Å². The first-order valence-electron chi connectivity index (χ1n) is 9.28. The number of benzene rings is 2. The molecule has 0 aliphatic carbocycles. The zero-order chi connectivity index (χ0) is 21.8. The van der Waals surface area contributed by atoms with Crippen LogP contribution in [-0.4, -0.2) is 27.3 Å². The normalized spacial score (nSPS) is 11.3. The third-order valence-electron chi connectivity index (χ3n) is 4.51. The van der Waals surface area contributed by atoms with Gasteiger partial charge < -0.3 is 5.32 Å². The first-order chi connectivity index (χ1) is 14.3. The number of aromatic nitrogens is 2. The fourth-order valence-corrected chi connectivity index (χ4v) is 3.19. The van der Waals surface area contributed by atoms with Crippen molar-refractivity contribution in [2.45, 2.75) is 20.8 Å². The van der Waals surface area contributed by atoms with Gasteiger partial charge in [-0.1, -0.05) is 41.4 Å². The van der Waals surface area contributed by atoms with Crippen LogP contribution in [-0.2, 0) is 7.05 Å². The number of hydrazone groups is 1. The Kier molecular flexibility index (Phi) is 6.32. The molecule has 8 heteroatoms. The number of nitrogens with one attached hydrogen (secondary N) is 2. The van der Waals surface area contributed by atoms with Crippen molar-refractivity contribution in [3.05, 3.63) is 81.6 Å². The minimum atomic E-state index is -0.452. The molecule has 0 aliphatic rings. The Labute approximate surface area is 179 Å². The second-order valence-corrected chi connectivity index (χ2v) is 7.29. The summed E-state index contributed by atoms with van der Waals surface area (Å²) in [5, 5.41) is 11.5. The van der Waals surface area contributed by atoms with Crippen molar-refractivity contribution in [3.63, 3.8) is 0 Å². The Hall–Kier alpha value is -3.45. The number of aryl methyl sites for hydroxylation is 3. The summed E-state index contributed by atoms with van der Waals surface area (Å²) in [6, 6.07) is 14.6. The maximum Gasteiger partial charge on any atom is 0.291 e. The molecule has 7 nitrogen and oxygen atoms in total. The van der Waals surface area contributed by atoms with E-state index in [-0.39, 0.29) is 11.6 Å². The van der Waals surface area contributed by atoms with Gasteiger partial charge in [0.05, 0.1) is 16.4 Å². The second kappa shape index (κ2) is 8.92. The summed E-state index contributed by atoms with van der Waals surface area (Å²) < 4.78 is 1.42. The van der Waals surface area contributed by atoms with Crippen molar-refractivity contribution < 1.29 is 9.59 Å². The van der Waals surface area contributed by atoms with Crippen LogP contribution in [0.25, 0.3) is 0 Å². The van der Waals surface area contributed by atoms with Gasteiger partial charge in [-0.15, -0.1) is 0 Å². The van der Waals surface area contributed by atoms with E-state index in [9.17, 15) is 9.59 Å². The number of carbonyl (C=O) groups is 2. The predicted molar refractivity (Wildman–Crippen MR) is 118 cm³/mol. The number of nitrogens with zero attached hydrogens (tertiary/aromatic N) is 3. The molecule has 0 fully saturated rings. The van der Waals surface area contributed by atoms with Crippen molar-refractivity contribution in [3.8, 4) is 0 Å². The first kappa shape index (κ1) is 21.3. The smallest absolute Gasteiger partial charge is 0.291 e. The van der Waals surface area contributed by atoms with E-state index in [1.54, 1.807) is 39.1 Å². The summed E-state index contributed by atoms with van der Waals surface area (Å²) in [5.74, 6) is -0.647. The van der Waals surface area contributed by atoms with Gasteiger partial charge >= 0.3 is 0 Å². The molecule has 0 unspecified atom stereocenters. The van der Waals surface area contributed by atoms with Crippen LogP contribution in [0.4, 0.5) is 5.69 Å². The fourth-order valence-electron chi connectivity index (χ4n) is 2.94. The molecule has 1 heterocycles. The quantitative estimate of drug-likeness (QED) is 0.478. The lowest BCUT2D eigenvalue weighted by atomic mass is 10.1. The monoisotopic (exact) mass is 423 g/mol. The lowest BCUT2D eigenvalue weighted by Gasteiger charge is -2.08. The molecule has 0 aliphatic heterocycles. The van der Waals surface area contributed by atoms with Crippen LogP contribution >= 0.6 is 11.6 Å². The topological polar surface area (TPSA) is 88.4 Å². The van der Waals surface area contributed by atoms with Gasteiger partial charge in [0.2, 0.25) is 0 Å². The van der Waals surface area contributed by atoms with E-state index in [2.05, 4.69) is 20.9 Å². The molecular formula is C22H22ClN5O2. The third kappa shape index (κ3) is 4.75. The molecule has 3 rings (SSSR count). The minimum Gasteiger partial charge on any atom is -0.322 e. The van der Waals surface area contributed by atoms with Crippen LogP contribution in [0.3, 0.4) is 0 Å². The summed E-state index contributed by atoms with van der Waals surface area (Å²) >= 11 is 6.14. The minimum absolute atomic E-state index is 0.194. The first-order valence-corrected chi connectivity index (χ1v) is 9.66. The highest BCUT2D eigenvalue weighted by Crippen LogP contribution is 2.19. The standard InChI is InChI=1S/C22H22ClN5O2/c1-13-7-5-9-17(11-13)21(29)24-18-10-6-8-16(12-18)14(2)25-26-22(30)20-19(23)15(3)27-28(20)4/h5-12H,1-4H3,(H,24,29)(H,26,30)/b25-14+. The van der Waals surface area contributed by atoms with E-state index < -0.39 is 5.91 Å². The van der Waals surface area contributed by atoms with Crippen LogP contribution in [0.2, 0.25) is 5.02 Å². The van der Waals surface area contributed by atoms with Crippen molar-refractivity contribution >= 4 is 34.8 Å². The average molecular weight is 424 g/mol. The number of rotatable bonds is 5. The van der Waals surface area contributed by atoms with E-state index in [0.29, 0.717) is 27.7 Å². The van der Waals surface area contributed by atoms with Crippen LogP contribution in [0.1, 0.15) is 44.6 Å². The Morgan fingerprint density at radius 1 is 1.03 bits per heavy atom. The molecule has 154 valence electrons. The maximum atomic E-state index is 12.5.